The number of rotatable bonds is 4. The molecule has 0 aliphatic heterocycles. The van der Waals surface area contributed by atoms with Crippen molar-refractivity contribution in [3.05, 3.63) is 82.4 Å². The smallest absolute Gasteiger partial charge is 0.261 e. The maximum absolute atomic E-state index is 12.8. The molecule has 0 saturated carbocycles. The third-order valence-electron chi connectivity index (χ3n) is 4.77. The zero-order valence-electron chi connectivity index (χ0n) is 15.7. The molecule has 0 fully saturated rings. The van der Waals surface area contributed by atoms with Gasteiger partial charge in [0.2, 0.25) is 0 Å². The average Bonchev–Trinajstić information content (AvgIpc) is 3.11. The monoisotopic (exact) mass is 372 g/mol. The Labute approximate surface area is 161 Å². The number of benzene rings is 2. The Bertz CT molecular complexity index is 1220. The van der Waals surface area contributed by atoms with E-state index >= 15 is 0 Å². The largest absolute Gasteiger partial charge is 0.325 e. The van der Waals surface area contributed by atoms with E-state index in [9.17, 15) is 9.59 Å². The molecule has 0 atom stereocenters. The lowest BCUT2D eigenvalue weighted by Crippen LogP contribution is -2.24. The summed E-state index contributed by atoms with van der Waals surface area (Å²) in [5.41, 5.74) is 3.71. The highest BCUT2D eigenvalue weighted by Crippen LogP contribution is 2.23. The Kier molecular flexibility index (Phi) is 4.53. The third kappa shape index (κ3) is 3.20. The SMILES string of the molecule is CCn1ncc2ccc(NC(=O)c3cc(-c4ccccc4)c(C)[nH]c3=O)cc21. The number of hydrogen-bond acceptors (Lipinski definition) is 3. The summed E-state index contributed by atoms with van der Waals surface area (Å²) < 4.78 is 1.86. The number of hydrogen-bond donors (Lipinski definition) is 2. The van der Waals surface area contributed by atoms with Crippen LogP contribution in [0.25, 0.3) is 22.0 Å². The number of nitrogens with one attached hydrogen (secondary N) is 2. The first-order valence-corrected chi connectivity index (χ1v) is 9.13. The number of carbonyl (C=O) groups excluding carboxylic acids is 1. The Morgan fingerprint density at radius 1 is 1.14 bits per heavy atom. The highest BCUT2D eigenvalue weighted by atomic mass is 16.2. The van der Waals surface area contributed by atoms with Crippen LogP contribution in [0, 0.1) is 6.92 Å². The molecule has 1 amide bonds. The van der Waals surface area contributed by atoms with Crippen molar-refractivity contribution in [2.24, 2.45) is 0 Å². The molecule has 2 heterocycles. The number of aromatic amines is 1. The van der Waals surface area contributed by atoms with Gasteiger partial charge < -0.3 is 10.3 Å². The van der Waals surface area contributed by atoms with Crippen LogP contribution in [-0.2, 0) is 6.54 Å². The second-order valence-corrected chi connectivity index (χ2v) is 6.60. The summed E-state index contributed by atoms with van der Waals surface area (Å²) in [6.45, 7) is 4.57. The molecule has 0 radical (unpaired) electrons. The second kappa shape index (κ2) is 7.15. The topological polar surface area (TPSA) is 79.8 Å². The van der Waals surface area contributed by atoms with Gasteiger partial charge in [-0.05, 0) is 43.7 Å². The first-order chi connectivity index (χ1) is 13.6. The van der Waals surface area contributed by atoms with Gasteiger partial charge in [0.25, 0.3) is 11.5 Å². The van der Waals surface area contributed by atoms with E-state index < -0.39 is 11.5 Å². The predicted octanol–water partition coefficient (Wildman–Crippen LogP) is 3.97. The standard InChI is InChI=1S/C22H20N4O2/c1-3-26-20-11-17(10-9-16(20)13-23-26)25-22(28)19-12-18(14(2)24-21(19)27)15-7-5-4-6-8-15/h4-13H,3H2,1-2H3,(H,24,27)(H,25,28). The molecular weight excluding hydrogens is 352 g/mol. The van der Waals surface area contributed by atoms with Crippen molar-refractivity contribution in [1.29, 1.82) is 0 Å². The molecule has 0 bridgehead atoms. The molecule has 4 rings (SSSR count). The van der Waals surface area contributed by atoms with Gasteiger partial charge in [-0.25, -0.2) is 0 Å². The van der Waals surface area contributed by atoms with Gasteiger partial charge in [-0.15, -0.1) is 0 Å². The molecule has 140 valence electrons. The molecule has 2 N–H and O–H groups in total. The van der Waals surface area contributed by atoms with E-state index in [0.717, 1.165) is 34.3 Å². The highest BCUT2D eigenvalue weighted by molar-refractivity contribution is 6.05. The van der Waals surface area contributed by atoms with Crippen LogP contribution in [0.1, 0.15) is 23.0 Å². The van der Waals surface area contributed by atoms with Crippen LogP contribution in [0.3, 0.4) is 0 Å². The molecule has 6 nitrogen and oxygen atoms in total. The summed E-state index contributed by atoms with van der Waals surface area (Å²) in [6.07, 6.45) is 1.79. The molecule has 0 unspecified atom stereocenters. The number of anilines is 1. The summed E-state index contributed by atoms with van der Waals surface area (Å²) in [6, 6.07) is 16.9. The fourth-order valence-electron chi connectivity index (χ4n) is 3.31. The Hall–Kier alpha value is -3.67. The number of H-pyrrole nitrogens is 1. The number of carbonyl (C=O) groups is 1. The lowest BCUT2D eigenvalue weighted by molar-refractivity contribution is 0.102. The molecule has 28 heavy (non-hydrogen) atoms. The number of fused-ring (bicyclic) bond motifs is 1. The van der Waals surface area contributed by atoms with E-state index in [0.29, 0.717) is 5.69 Å². The van der Waals surface area contributed by atoms with Gasteiger partial charge >= 0.3 is 0 Å². The number of aromatic nitrogens is 3. The van der Waals surface area contributed by atoms with Crippen molar-refractivity contribution >= 4 is 22.5 Å². The molecule has 0 aliphatic rings. The number of nitrogens with zero attached hydrogens (tertiary/aromatic N) is 2. The van der Waals surface area contributed by atoms with E-state index in [4.69, 9.17) is 0 Å². The fraction of sp³-hybridized carbons (Fsp3) is 0.136. The van der Waals surface area contributed by atoms with Crippen LogP contribution in [0.2, 0.25) is 0 Å². The molecule has 0 aliphatic carbocycles. The minimum Gasteiger partial charge on any atom is -0.325 e. The van der Waals surface area contributed by atoms with Gasteiger partial charge in [-0.1, -0.05) is 30.3 Å². The number of amides is 1. The molecule has 0 spiro atoms. The quantitative estimate of drug-likeness (QED) is 0.569. The fourth-order valence-corrected chi connectivity index (χ4v) is 3.31. The summed E-state index contributed by atoms with van der Waals surface area (Å²) in [4.78, 5) is 28.0. The van der Waals surface area contributed by atoms with Crippen LogP contribution in [0.5, 0.6) is 0 Å². The lowest BCUT2D eigenvalue weighted by Gasteiger charge is -2.10. The number of pyridine rings is 1. The summed E-state index contributed by atoms with van der Waals surface area (Å²) in [7, 11) is 0. The van der Waals surface area contributed by atoms with E-state index in [-0.39, 0.29) is 5.56 Å². The molecular formula is C22H20N4O2. The van der Waals surface area contributed by atoms with Gasteiger partial charge in [0.15, 0.2) is 0 Å². The second-order valence-electron chi connectivity index (χ2n) is 6.60. The molecule has 0 saturated heterocycles. The zero-order chi connectivity index (χ0) is 19.7. The Morgan fingerprint density at radius 3 is 2.68 bits per heavy atom. The van der Waals surface area contributed by atoms with E-state index in [1.807, 2.05) is 67.1 Å². The molecule has 4 aromatic rings. The van der Waals surface area contributed by atoms with Crippen LogP contribution in [-0.4, -0.2) is 20.7 Å². The van der Waals surface area contributed by atoms with Crippen molar-refractivity contribution in [2.75, 3.05) is 5.32 Å². The first kappa shape index (κ1) is 17.7. The summed E-state index contributed by atoms with van der Waals surface area (Å²) >= 11 is 0. The van der Waals surface area contributed by atoms with Gasteiger partial charge in [-0.3, -0.25) is 14.3 Å². The van der Waals surface area contributed by atoms with Crippen molar-refractivity contribution in [3.63, 3.8) is 0 Å². The predicted molar refractivity (Wildman–Crippen MR) is 111 cm³/mol. The Morgan fingerprint density at radius 2 is 1.93 bits per heavy atom. The molecule has 6 heteroatoms. The minimum atomic E-state index is -0.444. The van der Waals surface area contributed by atoms with Crippen LogP contribution < -0.4 is 10.9 Å². The summed E-state index contributed by atoms with van der Waals surface area (Å²) in [5, 5.41) is 8.14. The minimum absolute atomic E-state index is 0.0774. The average molecular weight is 372 g/mol. The van der Waals surface area contributed by atoms with Gasteiger partial charge in [-0.2, -0.15) is 5.10 Å². The third-order valence-corrected chi connectivity index (χ3v) is 4.77. The molecule has 2 aromatic heterocycles. The normalized spacial score (nSPS) is 10.9. The Balaban J connectivity index is 1.69. The summed E-state index contributed by atoms with van der Waals surface area (Å²) in [5.74, 6) is -0.444. The first-order valence-electron chi connectivity index (χ1n) is 9.13. The van der Waals surface area contributed by atoms with Crippen LogP contribution >= 0.6 is 0 Å². The van der Waals surface area contributed by atoms with Crippen LogP contribution in [0.4, 0.5) is 5.69 Å². The van der Waals surface area contributed by atoms with Crippen molar-refractivity contribution in [1.82, 2.24) is 14.8 Å². The van der Waals surface area contributed by atoms with Gasteiger partial charge in [0.05, 0.1) is 11.7 Å². The molecule has 2 aromatic carbocycles. The zero-order valence-corrected chi connectivity index (χ0v) is 15.7. The van der Waals surface area contributed by atoms with Crippen LogP contribution in [0.15, 0.2) is 65.6 Å². The van der Waals surface area contributed by atoms with E-state index in [2.05, 4.69) is 15.4 Å². The maximum atomic E-state index is 12.8. The highest BCUT2D eigenvalue weighted by Gasteiger charge is 2.15. The lowest BCUT2D eigenvalue weighted by atomic mass is 10.0. The number of aryl methyl sites for hydroxylation is 2. The van der Waals surface area contributed by atoms with Crippen molar-refractivity contribution in [2.45, 2.75) is 20.4 Å². The maximum Gasteiger partial charge on any atom is 0.261 e. The van der Waals surface area contributed by atoms with Crippen molar-refractivity contribution in [3.8, 4) is 11.1 Å². The van der Waals surface area contributed by atoms with Gasteiger partial charge in [0, 0.05) is 28.9 Å². The van der Waals surface area contributed by atoms with Gasteiger partial charge in [0.1, 0.15) is 5.56 Å². The van der Waals surface area contributed by atoms with E-state index in [1.165, 1.54) is 0 Å². The van der Waals surface area contributed by atoms with E-state index in [1.54, 1.807) is 12.3 Å². The van der Waals surface area contributed by atoms with Crippen molar-refractivity contribution < 1.29 is 4.79 Å².